The number of aryl methyl sites for hydroxylation is 1. The highest BCUT2D eigenvalue weighted by Gasteiger charge is 2.18. The Morgan fingerprint density at radius 3 is 2.54 bits per heavy atom. The fourth-order valence-corrected chi connectivity index (χ4v) is 2.15. The Kier molecular flexibility index (Phi) is 6.61. The van der Waals surface area contributed by atoms with Crippen molar-refractivity contribution in [1.29, 1.82) is 0 Å². The molecule has 1 amide bonds. The van der Waals surface area contributed by atoms with Gasteiger partial charge in [0, 0.05) is 0 Å². The number of halogens is 1. The van der Waals surface area contributed by atoms with E-state index < -0.39 is 6.10 Å². The molecule has 0 bridgehead atoms. The second-order valence-electron chi connectivity index (χ2n) is 5.37. The zero-order valence-electron chi connectivity index (χ0n) is 13.9. The Bertz CT molecular complexity index is 658. The molecule has 0 aliphatic carbocycles. The molecule has 2 aromatic carbocycles. The number of hydrogen-bond acceptors (Lipinski definition) is 3. The van der Waals surface area contributed by atoms with Crippen LogP contribution in [0.15, 0.2) is 48.5 Å². The van der Waals surface area contributed by atoms with Crippen LogP contribution in [0.2, 0.25) is 0 Å². The van der Waals surface area contributed by atoms with Crippen molar-refractivity contribution < 1.29 is 18.7 Å². The van der Waals surface area contributed by atoms with Crippen LogP contribution in [0.4, 0.5) is 4.39 Å². The van der Waals surface area contributed by atoms with Gasteiger partial charge in [0.2, 0.25) is 0 Å². The first kappa shape index (κ1) is 17.8. The molecule has 1 N–H and O–H groups in total. The lowest BCUT2D eigenvalue weighted by atomic mass is 10.2. The van der Waals surface area contributed by atoms with Crippen LogP contribution in [0.1, 0.15) is 18.9 Å². The molecule has 2 aromatic rings. The second-order valence-corrected chi connectivity index (χ2v) is 5.37. The summed E-state index contributed by atoms with van der Waals surface area (Å²) in [5.74, 6) is 0.786. The molecule has 4 nitrogen and oxygen atoms in total. The Balaban J connectivity index is 1.77. The number of benzene rings is 2. The topological polar surface area (TPSA) is 47.6 Å². The number of carbonyl (C=O) groups is 1. The molecule has 0 saturated carbocycles. The van der Waals surface area contributed by atoms with Gasteiger partial charge in [-0.1, -0.05) is 25.1 Å². The lowest BCUT2D eigenvalue weighted by molar-refractivity contribution is -0.128. The SMILES string of the molecule is CCC(Oc1ccccc1C)C(=O)NCCOc1ccc(F)cc1. The van der Waals surface area contributed by atoms with E-state index in [4.69, 9.17) is 9.47 Å². The highest BCUT2D eigenvalue weighted by Crippen LogP contribution is 2.18. The van der Waals surface area contributed by atoms with E-state index in [1.165, 1.54) is 12.1 Å². The first-order valence-corrected chi connectivity index (χ1v) is 7.98. The number of carbonyl (C=O) groups excluding carboxylic acids is 1. The average Bonchev–Trinajstić information content (AvgIpc) is 2.59. The largest absolute Gasteiger partial charge is 0.492 e. The van der Waals surface area contributed by atoms with E-state index in [0.717, 1.165) is 5.56 Å². The van der Waals surface area contributed by atoms with Gasteiger partial charge in [-0.3, -0.25) is 4.79 Å². The lowest BCUT2D eigenvalue weighted by Gasteiger charge is -2.18. The molecular weight excluding hydrogens is 309 g/mol. The fourth-order valence-electron chi connectivity index (χ4n) is 2.15. The number of rotatable bonds is 8. The minimum atomic E-state index is -0.545. The van der Waals surface area contributed by atoms with Crippen molar-refractivity contribution in [2.75, 3.05) is 13.2 Å². The van der Waals surface area contributed by atoms with Gasteiger partial charge >= 0.3 is 0 Å². The van der Waals surface area contributed by atoms with E-state index in [9.17, 15) is 9.18 Å². The first-order valence-electron chi connectivity index (χ1n) is 7.98. The molecule has 0 spiro atoms. The van der Waals surface area contributed by atoms with Crippen molar-refractivity contribution >= 4 is 5.91 Å². The summed E-state index contributed by atoms with van der Waals surface area (Å²) in [4.78, 5) is 12.2. The molecule has 1 unspecified atom stereocenters. The maximum atomic E-state index is 12.8. The van der Waals surface area contributed by atoms with Crippen LogP contribution >= 0.6 is 0 Å². The Labute approximate surface area is 141 Å². The van der Waals surface area contributed by atoms with Crippen molar-refractivity contribution in [1.82, 2.24) is 5.32 Å². The van der Waals surface area contributed by atoms with Gasteiger partial charge in [-0.2, -0.15) is 0 Å². The Hall–Kier alpha value is -2.56. The molecule has 0 aliphatic rings. The molecule has 0 radical (unpaired) electrons. The number of amides is 1. The minimum absolute atomic E-state index is 0.177. The van der Waals surface area contributed by atoms with Gasteiger partial charge in [0.15, 0.2) is 6.10 Å². The summed E-state index contributed by atoms with van der Waals surface area (Å²) < 4.78 is 24.0. The van der Waals surface area contributed by atoms with Crippen molar-refractivity contribution in [3.05, 3.63) is 59.9 Å². The molecule has 2 rings (SSSR count). The molecule has 0 fully saturated rings. The number of nitrogens with one attached hydrogen (secondary N) is 1. The first-order chi connectivity index (χ1) is 11.6. The van der Waals surface area contributed by atoms with Gasteiger partial charge in [-0.15, -0.1) is 0 Å². The van der Waals surface area contributed by atoms with Crippen LogP contribution in [0.25, 0.3) is 0 Å². The molecule has 5 heteroatoms. The van der Waals surface area contributed by atoms with Crippen LogP contribution in [-0.4, -0.2) is 25.2 Å². The Morgan fingerprint density at radius 2 is 1.88 bits per heavy atom. The van der Waals surface area contributed by atoms with E-state index in [2.05, 4.69) is 5.32 Å². The van der Waals surface area contributed by atoms with Crippen molar-refractivity contribution in [2.24, 2.45) is 0 Å². The van der Waals surface area contributed by atoms with Crippen LogP contribution in [0, 0.1) is 12.7 Å². The zero-order valence-corrected chi connectivity index (χ0v) is 13.9. The smallest absolute Gasteiger partial charge is 0.261 e. The lowest BCUT2D eigenvalue weighted by Crippen LogP contribution is -2.39. The van der Waals surface area contributed by atoms with Gasteiger partial charge in [0.25, 0.3) is 5.91 Å². The average molecular weight is 331 g/mol. The molecule has 0 aromatic heterocycles. The predicted octanol–water partition coefficient (Wildman–Crippen LogP) is 3.49. The molecule has 0 aliphatic heterocycles. The fraction of sp³-hybridized carbons (Fsp3) is 0.316. The van der Waals surface area contributed by atoms with Gasteiger partial charge in [0.1, 0.15) is 23.9 Å². The summed E-state index contributed by atoms with van der Waals surface area (Å²) in [6, 6.07) is 13.4. The molecule has 0 heterocycles. The maximum absolute atomic E-state index is 12.8. The van der Waals surface area contributed by atoms with Gasteiger partial charge in [0.05, 0.1) is 6.54 Å². The molecule has 0 saturated heterocycles. The van der Waals surface area contributed by atoms with Crippen molar-refractivity contribution in [3.8, 4) is 11.5 Å². The van der Waals surface area contributed by atoms with Crippen molar-refractivity contribution in [2.45, 2.75) is 26.4 Å². The summed E-state index contributed by atoms with van der Waals surface area (Å²) in [5.41, 5.74) is 0.989. The number of para-hydroxylation sites is 1. The summed E-state index contributed by atoms with van der Waals surface area (Å²) in [5, 5.41) is 2.79. The van der Waals surface area contributed by atoms with E-state index in [-0.39, 0.29) is 11.7 Å². The van der Waals surface area contributed by atoms with Crippen LogP contribution in [-0.2, 0) is 4.79 Å². The molecular formula is C19H22FNO3. The van der Waals surface area contributed by atoms with Crippen LogP contribution < -0.4 is 14.8 Å². The molecule has 24 heavy (non-hydrogen) atoms. The number of hydrogen-bond donors (Lipinski definition) is 1. The van der Waals surface area contributed by atoms with Crippen molar-refractivity contribution in [3.63, 3.8) is 0 Å². The third-order valence-electron chi connectivity index (χ3n) is 3.51. The number of ether oxygens (including phenoxy) is 2. The third kappa shape index (κ3) is 5.26. The van der Waals surface area contributed by atoms with E-state index in [0.29, 0.717) is 31.1 Å². The van der Waals surface area contributed by atoms with E-state index in [1.807, 2.05) is 38.1 Å². The summed E-state index contributed by atoms with van der Waals surface area (Å²) in [6.07, 6.45) is 0.0239. The zero-order chi connectivity index (χ0) is 17.4. The van der Waals surface area contributed by atoms with E-state index >= 15 is 0 Å². The normalized spacial score (nSPS) is 11.6. The van der Waals surface area contributed by atoms with Crippen LogP contribution in [0.3, 0.4) is 0 Å². The highest BCUT2D eigenvalue weighted by atomic mass is 19.1. The van der Waals surface area contributed by atoms with Gasteiger partial charge in [-0.05, 0) is 49.2 Å². The maximum Gasteiger partial charge on any atom is 0.261 e. The van der Waals surface area contributed by atoms with Gasteiger partial charge in [-0.25, -0.2) is 4.39 Å². The highest BCUT2D eigenvalue weighted by molar-refractivity contribution is 5.81. The Morgan fingerprint density at radius 1 is 1.17 bits per heavy atom. The molecule has 128 valence electrons. The monoisotopic (exact) mass is 331 g/mol. The van der Waals surface area contributed by atoms with Crippen LogP contribution in [0.5, 0.6) is 11.5 Å². The second kappa shape index (κ2) is 8.91. The summed E-state index contributed by atoms with van der Waals surface area (Å²) >= 11 is 0. The predicted molar refractivity (Wildman–Crippen MR) is 90.8 cm³/mol. The third-order valence-corrected chi connectivity index (χ3v) is 3.51. The van der Waals surface area contributed by atoms with Gasteiger partial charge < -0.3 is 14.8 Å². The van der Waals surface area contributed by atoms with E-state index in [1.54, 1.807) is 12.1 Å². The standard InChI is InChI=1S/C19H22FNO3/c1-3-17(24-18-7-5-4-6-14(18)2)19(22)21-12-13-23-16-10-8-15(20)9-11-16/h4-11,17H,3,12-13H2,1-2H3,(H,21,22). The molecule has 1 atom stereocenters. The minimum Gasteiger partial charge on any atom is -0.492 e. The quantitative estimate of drug-likeness (QED) is 0.753. The summed E-state index contributed by atoms with van der Waals surface area (Å²) in [7, 11) is 0. The summed E-state index contributed by atoms with van der Waals surface area (Å²) in [6.45, 7) is 4.50.